The van der Waals surface area contributed by atoms with Crippen LogP contribution in [-0.4, -0.2) is 69.2 Å². The molecule has 2 amide bonds. The number of carboxylic acid groups (broad SMARTS) is 1. The Labute approximate surface area is 118 Å². The lowest BCUT2D eigenvalue weighted by atomic mass is 10.1. The third-order valence-corrected chi connectivity index (χ3v) is 2.80. The Morgan fingerprint density at radius 1 is 1.15 bits per heavy atom. The van der Waals surface area contributed by atoms with Crippen molar-refractivity contribution in [1.82, 2.24) is 16.0 Å². The number of hydrogen-bond acceptors (Lipinski definition) is 5. The summed E-state index contributed by atoms with van der Waals surface area (Å²) >= 11 is 0. The van der Waals surface area contributed by atoms with Crippen molar-refractivity contribution in [2.45, 2.75) is 18.9 Å². The van der Waals surface area contributed by atoms with Crippen LogP contribution in [0.2, 0.25) is 0 Å². The summed E-state index contributed by atoms with van der Waals surface area (Å²) in [5, 5.41) is 17.2. The van der Waals surface area contributed by atoms with Gasteiger partial charge < -0.3 is 30.5 Å². The largest absolute Gasteiger partial charge is 0.480 e. The maximum atomic E-state index is 11.5. The Bertz CT molecular complexity index is 295. The highest BCUT2D eigenvalue weighted by molar-refractivity contribution is 5.74. The zero-order valence-electron chi connectivity index (χ0n) is 11.5. The van der Waals surface area contributed by atoms with Gasteiger partial charge in [0, 0.05) is 12.6 Å². The molecule has 1 aliphatic heterocycles. The van der Waals surface area contributed by atoms with Gasteiger partial charge in [-0.1, -0.05) is 0 Å². The van der Waals surface area contributed by atoms with Crippen LogP contribution in [0, 0.1) is 0 Å². The Morgan fingerprint density at radius 2 is 1.85 bits per heavy atom. The van der Waals surface area contributed by atoms with Gasteiger partial charge in [0.05, 0.1) is 19.8 Å². The summed E-state index contributed by atoms with van der Waals surface area (Å²) in [6.07, 6.45) is 1.90. The van der Waals surface area contributed by atoms with E-state index in [2.05, 4.69) is 16.0 Å². The lowest BCUT2D eigenvalue weighted by Gasteiger charge is -2.23. The highest BCUT2D eigenvalue weighted by Gasteiger charge is 2.14. The van der Waals surface area contributed by atoms with Gasteiger partial charge in [0.2, 0.25) is 0 Å². The summed E-state index contributed by atoms with van der Waals surface area (Å²) in [5.74, 6) is -0.999. The molecule has 1 aliphatic rings. The number of nitrogens with one attached hydrogen (secondary N) is 3. The summed E-state index contributed by atoms with van der Waals surface area (Å²) in [4.78, 5) is 21.7. The van der Waals surface area contributed by atoms with Crippen LogP contribution in [-0.2, 0) is 14.3 Å². The molecular weight excluding hydrogens is 266 g/mol. The number of amides is 2. The fourth-order valence-corrected chi connectivity index (χ4v) is 1.82. The number of aliphatic carboxylic acids is 1. The minimum atomic E-state index is -0.999. The van der Waals surface area contributed by atoms with E-state index in [1.54, 1.807) is 0 Å². The molecule has 0 saturated carbocycles. The maximum absolute atomic E-state index is 11.5. The summed E-state index contributed by atoms with van der Waals surface area (Å²) in [6, 6.07) is 0.0595. The third-order valence-electron chi connectivity index (χ3n) is 2.80. The molecule has 0 radical (unpaired) electrons. The van der Waals surface area contributed by atoms with Crippen LogP contribution >= 0.6 is 0 Å². The first kappa shape index (κ1) is 16.7. The zero-order chi connectivity index (χ0) is 14.6. The number of rotatable bonds is 9. The normalized spacial score (nSPS) is 15.8. The SMILES string of the molecule is O=C(O)COCCOCCNC(=O)NC1CCNCC1. The number of ether oxygens (including phenoxy) is 2. The van der Waals surface area contributed by atoms with E-state index in [9.17, 15) is 9.59 Å². The van der Waals surface area contributed by atoms with Crippen molar-refractivity contribution in [3.05, 3.63) is 0 Å². The van der Waals surface area contributed by atoms with Crippen LogP contribution in [0.5, 0.6) is 0 Å². The monoisotopic (exact) mass is 289 g/mol. The maximum Gasteiger partial charge on any atom is 0.329 e. The van der Waals surface area contributed by atoms with E-state index in [1.807, 2.05) is 0 Å². The van der Waals surface area contributed by atoms with Crippen LogP contribution in [0.3, 0.4) is 0 Å². The van der Waals surface area contributed by atoms with Crippen molar-refractivity contribution in [2.75, 3.05) is 46.1 Å². The molecule has 0 bridgehead atoms. The van der Waals surface area contributed by atoms with Crippen LogP contribution < -0.4 is 16.0 Å². The minimum Gasteiger partial charge on any atom is -0.480 e. The molecule has 0 aromatic carbocycles. The molecule has 0 spiro atoms. The average molecular weight is 289 g/mol. The molecule has 8 heteroatoms. The van der Waals surface area contributed by atoms with Gasteiger partial charge in [-0.15, -0.1) is 0 Å². The van der Waals surface area contributed by atoms with Crippen molar-refractivity contribution in [3.63, 3.8) is 0 Å². The molecule has 0 aromatic rings. The highest BCUT2D eigenvalue weighted by atomic mass is 16.5. The molecule has 20 heavy (non-hydrogen) atoms. The minimum absolute atomic E-state index is 0.178. The summed E-state index contributed by atoms with van der Waals surface area (Å²) in [7, 11) is 0. The molecule has 1 saturated heterocycles. The van der Waals surface area contributed by atoms with Gasteiger partial charge in [-0.05, 0) is 25.9 Å². The van der Waals surface area contributed by atoms with Gasteiger partial charge in [0.1, 0.15) is 6.61 Å². The van der Waals surface area contributed by atoms with E-state index in [0.717, 1.165) is 25.9 Å². The number of carboxylic acids is 1. The molecule has 0 unspecified atom stereocenters. The van der Waals surface area contributed by atoms with Crippen LogP contribution in [0.4, 0.5) is 4.79 Å². The molecule has 0 atom stereocenters. The second-order valence-electron chi connectivity index (χ2n) is 4.48. The lowest BCUT2D eigenvalue weighted by Crippen LogP contribution is -2.47. The predicted molar refractivity (Wildman–Crippen MR) is 71.7 cm³/mol. The van der Waals surface area contributed by atoms with Crippen LogP contribution in [0.25, 0.3) is 0 Å². The smallest absolute Gasteiger partial charge is 0.329 e. The molecule has 4 N–H and O–H groups in total. The van der Waals surface area contributed by atoms with Crippen molar-refractivity contribution in [2.24, 2.45) is 0 Å². The van der Waals surface area contributed by atoms with Gasteiger partial charge >= 0.3 is 12.0 Å². The first-order chi connectivity index (χ1) is 9.68. The number of carbonyl (C=O) groups excluding carboxylic acids is 1. The van der Waals surface area contributed by atoms with Gasteiger partial charge in [-0.25, -0.2) is 9.59 Å². The van der Waals surface area contributed by atoms with Gasteiger partial charge in [-0.2, -0.15) is 0 Å². The number of urea groups is 1. The Balaban J connectivity index is 1.87. The Hall–Kier alpha value is -1.38. The zero-order valence-corrected chi connectivity index (χ0v) is 11.5. The molecule has 116 valence electrons. The van der Waals surface area contributed by atoms with Gasteiger partial charge in [0.25, 0.3) is 0 Å². The summed E-state index contributed by atoms with van der Waals surface area (Å²) in [6.45, 7) is 2.87. The summed E-state index contributed by atoms with van der Waals surface area (Å²) < 4.78 is 9.98. The molecule has 1 rings (SSSR count). The van der Waals surface area contributed by atoms with E-state index in [0.29, 0.717) is 19.8 Å². The van der Waals surface area contributed by atoms with E-state index < -0.39 is 5.97 Å². The van der Waals surface area contributed by atoms with E-state index in [1.165, 1.54) is 0 Å². The van der Waals surface area contributed by atoms with Crippen molar-refractivity contribution < 1.29 is 24.2 Å². The van der Waals surface area contributed by atoms with Gasteiger partial charge in [0.15, 0.2) is 0 Å². The number of carbonyl (C=O) groups is 2. The first-order valence-corrected chi connectivity index (χ1v) is 6.81. The fourth-order valence-electron chi connectivity index (χ4n) is 1.82. The molecule has 8 nitrogen and oxygen atoms in total. The Kier molecular flexibility index (Phi) is 8.68. The second kappa shape index (κ2) is 10.4. The number of hydrogen-bond donors (Lipinski definition) is 4. The van der Waals surface area contributed by atoms with Crippen LogP contribution in [0.1, 0.15) is 12.8 Å². The molecule has 1 heterocycles. The third kappa shape index (κ3) is 8.68. The predicted octanol–water partition coefficient (Wildman–Crippen LogP) is -0.845. The molecule has 0 aromatic heterocycles. The van der Waals surface area contributed by atoms with Crippen LogP contribution in [0.15, 0.2) is 0 Å². The standard InChI is InChI=1S/C12H23N3O5/c16-11(17)9-20-8-7-19-6-5-14-12(18)15-10-1-3-13-4-2-10/h10,13H,1-9H2,(H,16,17)(H2,14,15,18). The Morgan fingerprint density at radius 3 is 2.55 bits per heavy atom. The summed E-state index contributed by atoms with van der Waals surface area (Å²) in [5.41, 5.74) is 0. The lowest BCUT2D eigenvalue weighted by molar-refractivity contribution is -0.142. The van der Waals surface area contributed by atoms with E-state index >= 15 is 0 Å². The second-order valence-corrected chi connectivity index (χ2v) is 4.48. The van der Waals surface area contributed by atoms with Gasteiger partial charge in [-0.3, -0.25) is 0 Å². The number of piperidine rings is 1. The quantitative estimate of drug-likeness (QED) is 0.412. The topological polar surface area (TPSA) is 109 Å². The first-order valence-electron chi connectivity index (χ1n) is 6.81. The molecule has 1 fully saturated rings. The van der Waals surface area contributed by atoms with E-state index in [4.69, 9.17) is 14.6 Å². The van der Waals surface area contributed by atoms with Crippen molar-refractivity contribution in [1.29, 1.82) is 0 Å². The van der Waals surface area contributed by atoms with Crippen molar-refractivity contribution in [3.8, 4) is 0 Å². The highest BCUT2D eigenvalue weighted by Crippen LogP contribution is 2.00. The van der Waals surface area contributed by atoms with E-state index in [-0.39, 0.29) is 25.3 Å². The molecule has 0 aliphatic carbocycles. The fraction of sp³-hybridized carbons (Fsp3) is 0.833. The molecular formula is C12H23N3O5. The average Bonchev–Trinajstić information content (AvgIpc) is 2.42. The van der Waals surface area contributed by atoms with Crippen molar-refractivity contribution >= 4 is 12.0 Å².